The van der Waals surface area contributed by atoms with Gasteiger partial charge in [-0.2, -0.15) is 0 Å². The van der Waals surface area contributed by atoms with Crippen molar-refractivity contribution >= 4 is 17.2 Å². The molecule has 6 heteroatoms. The Hall–Kier alpha value is -3.02. The summed E-state index contributed by atoms with van der Waals surface area (Å²) in [5.74, 6) is 0.847. The van der Waals surface area contributed by atoms with Crippen LogP contribution in [0.3, 0.4) is 0 Å². The third kappa shape index (κ3) is 2.77. The van der Waals surface area contributed by atoms with Gasteiger partial charge in [0.15, 0.2) is 11.5 Å². The first-order valence-electron chi connectivity index (χ1n) is 8.40. The SMILES string of the molecule is COc1cc2c(cc1OC)CN(/C=C1/C(=O)Nc3ccc(F)cc31)CC2. The predicted octanol–water partition coefficient (Wildman–Crippen LogP) is 3.19. The molecule has 2 heterocycles. The van der Waals surface area contributed by atoms with Crippen LogP contribution in [-0.4, -0.2) is 31.6 Å². The summed E-state index contributed by atoms with van der Waals surface area (Å²) >= 11 is 0. The first-order valence-corrected chi connectivity index (χ1v) is 8.40. The Kier molecular flexibility index (Phi) is 4.03. The first-order chi connectivity index (χ1) is 12.6. The zero-order valence-corrected chi connectivity index (χ0v) is 14.6. The number of hydrogen-bond donors (Lipinski definition) is 1. The van der Waals surface area contributed by atoms with Crippen molar-refractivity contribution in [3.8, 4) is 11.5 Å². The van der Waals surface area contributed by atoms with Crippen LogP contribution >= 0.6 is 0 Å². The van der Waals surface area contributed by atoms with Crippen LogP contribution in [0.15, 0.2) is 36.5 Å². The highest BCUT2D eigenvalue weighted by molar-refractivity contribution is 6.31. The Bertz CT molecular complexity index is 924. The lowest BCUT2D eigenvalue weighted by molar-refractivity contribution is -0.110. The summed E-state index contributed by atoms with van der Waals surface area (Å²) in [6.07, 6.45) is 2.65. The van der Waals surface area contributed by atoms with E-state index in [1.54, 1.807) is 20.3 Å². The Balaban J connectivity index is 1.65. The fourth-order valence-electron chi connectivity index (χ4n) is 3.49. The van der Waals surface area contributed by atoms with Crippen LogP contribution in [0.2, 0.25) is 0 Å². The number of halogens is 1. The quantitative estimate of drug-likeness (QED) is 0.860. The molecule has 2 aromatic rings. The van der Waals surface area contributed by atoms with Crippen LogP contribution in [0.4, 0.5) is 10.1 Å². The summed E-state index contributed by atoms with van der Waals surface area (Å²) in [4.78, 5) is 14.4. The summed E-state index contributed by atoms with van der Waals surface area (Å²) < 4.78 is 24.3. The molecule has 5 nitrogen and oxygen atoms in total. The van der Waals surface area contributed by atoms with Gasteiger partial charge in [0.25, 0.3) is 5.91 Å². The maximum atomic E-state index is 13.6. The largest absolute Gasteiger partial charge is 0.493 e. The normalized spacial score (nSPS) is 17.0. The summed E-state index contributed by atoms with van der Waals surface area (Å²) in [5.41, 5.74) is 4.08. The third-order valence-electron chi connectivity index (χ3n) is 4.82. The lowest BCUT2D eigenvalue weighted by Crippen LogP contribution is -2.26. The number of carbonyl (C=O) groups is 1. The minimum absolute atomic E-state index is 0.205. The van der Waals surface area contributed by atoms with Crippen LogP contribution in [-0.2, 0) is 17.8 Å². The topological polar surface area (TPSA) is 50.8 Å². The lowest BCUT2D eigenvalue weighted by Gasteiger charge is -2.29. The number of fused-ring (bicyclic) bond motifs is 2. The van der Waals surface area contributed by atoms with Crippen molar-refractivity contribution in [2.24, 2.45) is 0 Å². The van der Waals surface area contributed by atoms with Crippen molar-refractivity contribution in [2.75, 3.05) is 26.1 Å². The molecule has 2 aliphatic rings. The second-order valence-corrected chi connectivity index (χ2v) is 6.38. The van der Waals surface area contributed by atoms with Gasteiger partial charge in [-0.15, -0.1) is 0 Å². The molecule has 1 amide bonds. The number of rotatable bonds is 3. The van der Waals surface area contributed by atoms with E-state index >= 15 is 0 Å². The number of hydrogen-bond acceptors (Lipinski definition) is 4. The Labute approximate surface area is 151 Å². The van der Waals surface area contributed by atoms with Crippen LogP contribution in [0, 0.1) is 5.82 Å². The molecule has 0 bridgehead atoms. The van der Waals surface area contributed by atoms with Gasteiger partial charge in [-0.25, -0.2) is 4.39 Å². The van der Waals surface area contributed by atoms with Gasteiger partial charge in [-0.3, -0.25) is 4.79 Å². The molecule has 0 radical (unpaired) electrons. The molecule has 0 aromatic heterocycles. The van der Waals surface area contributed by atoms with E-state index in [0.29, 0.717) is 29.1 Å². The molecule has 0 fully saturated rings. The number of nitrogens with zero attached hydrogens (tertiary/aromatic N) is 1. The van der Waals surface area contributed by atoms with Crippen molar-refractivity contribution in [3.63, 3.8) is 0 Å². The monoisotopic (exact) mass is 354 g/mol. The number of carbonyl (C=O) groups excluding carboxylic acids is 1. The molecule has 2 aromatic carbocycles. The number of anilines is 1. The van der Waals surface area contributed by atoms with Gasteiger partial charge >= 0.3 is 0 Å². The molecule has 0 aliphatic carbocycles. The zero-order valence-electron chi connectivity index (χ0n) is 14.6. The number of amides is 1. The van der Waals surface area contributed by atoms with Gasteiger partial charge in [0.05, 0.1) is 19.8 Å². The van der Waals surface area contributed by atoms with Crippen LogP contribution in [0.1, 0.15) is 16.7 Å². The van der Waals surface area contributed by atoms with Crippen molar-refractivity contribution in [1.29, 1.82) is 0 Å². The molecule has 134 valence electrons. The maximum absolute atomic E-state index is 13.6. The highest BCUT2D eigenvalue weighted by Gasteiger charge is 2.26. The van der Waals surface area contributed by atoms with Crippen LogP contribution in [0.5, 0.6) is 11.5 Å². The Morgan fingerprint density at radius 2 is 1.85 bits per heavy atom. The third-order valence-corrected chi connectivity index (χ3v) is 4.82. The van der Waals surface area contributed by atoms with E-state index in [-0.39, 0.29) is 11.7 Å². The fourth-order valence-corrected chi connectivity index (χ4v) is 3.49. The van der Waals surface area contributed by atoms with Crippen LogP contribution in [0.25, 0.3) is 5.57 Å². The second kappa shape index (κ2) is 6.37. The predicted molar refractivity (Wildman–Crippen MR) is 96.7 cm³/mol. The smallest absolute Gasteiger partial charge is 0.257 e. The van der Waals surface area contributed by atoms with Gasteiger partial charge in [-0.1, -0.05) is 0 Å². The Morgan fingerprint density at radius 1 is 1.12 bits per heavy atom. The molecule has 0 unspecified atom stereocenters. The number of nitrogens with one attached hydrogen (secondary N) is 1. The highest BCUT2D eigenvalue weighted by Crippen LogP contribution is 2.35. The average Bonchev–Trinajstić information content (AvgIpc) is 2.95. The standard InChI is InChI=1S/C20H19FN2O3/c1-25-18-7-12-5-6-23(10-13(12)8-19(18)26-2)11-16-15-9-14(21)3-4-17(15)22-20(16)24/h3-4,7-9,11H,5-6,10H2,1-2H3,(H,22,24)/b16-11+. The van der Waals surface area contributed by atoms with Crippen LogP contribution < -0.4 is 14.8 Å². The minimum atomic E-state index is -0.355. The van der Waals surface area contributed by atoms with Crippen molar-refractivity contribution in [3.05, 3.63) is 59.0 Å². The minimum Gasteiger partial charge on any atom is -0.493 e. The van der Waals surface area contributed by atoms with E-state index in [1.807, 2.05) is 18.3 Å². The van der Waals surface area contributed by atoms with Crippen molar-refractivity contribution in [2.45, 2.75) is 13.0 Å². The molecule has 0 atom stereocenters. The van der Waals surface area contributed by atoms with E-state index in [1.165, 1.54) is 17.7 Å². The maximum Gasteiger partial charge on any atom is 0.257 e. The summed E-state index contributed by atoms with van der Waals surface area (Å²) in [7, 11) is 3.24. The zero-order chi connectivity index (χ0) is 18.3. The molecule has 1 N–H and O–H groups in total. The second-order valence-electron chi connectivity index (χ2n) is 6.38. The molecule has 0 saturated heterocycles. The lowest BCUT2D eigenvalue weighted by atomic mass is 9.98. The van der Waals surface area contributed by atoms with Gasteiger partial charge in [0, 0.05) is 30.5 Å². The van der Waals surface area contributed by atoms with E-state index in [2.05, 4.69) is 10.2 Å². The summed E-state index contributed by atoms with van der Waals surface area (Å²) in [6.45, 7) is 1.42. The van der Waals surface area contributed by atoms with Crippen molar-refractivity contribution in [1.82, 2.24) is 4.90 Å². The molecule has 4 rings (SSSR count). The van der Waals surface area contributed by atoms with E-state index < -0.39 is 0 Å². The summed E-state index contributed by atoms with van der Waals surface area (Å²) in [5, 5.41) is 2.78. The van der Waals surface area contributed by atoms with Crippen molar-refractivity contribution < 1.29 is 18.7 Å². The van der Waals surface area contributed by atoms with E-state index in [0.717, 1.165) is 24.3 Å². The molecular formula is C20H19FN2O3. The molecule has 0 saturated carbocycles. The van der Waals surface area contributed by atoms with Gasteiger partial charge in [0.2, 0.25) is 0 Å². The number of ether oxygens (including phenoxy) is 2. The van der Waals surface area contributed by atoms with Gasteiger partial charge in [-0.05, 0) is 47.9 Å². The molecule has 2 aliphatic heterocycles. The molecule has 26 heavy (non-hydrogen) atoms. The number of methoxy groups -OCH3 is 2. The fraction of sp³-hybridized carbons (Fsp3) is 0.250. The molecular weight excluding hydrogens is 335 g/mol. The van der Waals surface area contributed by atoms with Gasteiger partial charge in [0.1, 0.15) is 5.82 Å². The molecule has 0 spiro atoms. The Morgan fingerprint density at radius 3 is 2.58 bits per heavy atom. The van der Waals surface area contributed by atoms with E-state index in [4.69, 9.17) is 9.47 Å². The van der Waals surface area contributed by atoms with E-state index in [9.17, 15) is 9.18 Å². The first kappa shape index (κ1) is 16.4. The summed E-state index contributed by atoms with van der Waals surface area (Å²) in [6, 6.07) is 8.31. The average molecular weight is 354 g/mol. The highest BCUT2D eigenvalue weighted by atomic mass is 19.1. The number of benzene rings is 2. The van der Waals surface area contributed by atoms with Gasteiger partial charge < -0.3 is 19.7 Å².